The van der Waals surface area contributed by atoms with E-state index >= 15 is 0 Å². The van der Waals surface area contributed by atoms with Crippen LogP contribution in [-0.4, -0.2) is 17.6 Å². The van der Waals surface area contributed by atoms with Crippen LogP contribution in [0.4, 0.5) is 5.69 Å². The first kappa shape index (κ1) is 14.4. The molecule has 1 aliphatic carbocycles. The Kier molecular flexibility index (Phi) is 5.42. The Balaban J connectivity index is 1.77. The standard InChI is InChI=1S/C17H21NO2/c19-17(20)11-8-15-6-9-16(10-7-15)18-13-12-14-4-2-1-3-5-14/h2,4,6-11,14,18H,1,3,5,12-13H2,(H,19,20). The van der Waals surface area contributed by atoms with Gasteiger partial charge in [0.05, 0.1) is 0 Å². The number of nitrogens with one attached hydrogen (secondary N) is 1. The SMILES string of the molecule is O=C(O)C=Cc1ccc(NCCC2C=CCCC2)cc1. The van der Waals surface area contributed by atoms with Crippen molar-refractivity contribution in [3.8, 4) is 0 Å². The maximum Gasteiger partial charge on any atom is 0.328 e. The number of carboxylic acids is 1. The monoisotopic (exact) mass is 271 g/mol. The molecule has 1 aliphatic rings. The number of anilines is 1. The molecule has 0 amide bonds. The van der Waals surface area contributed by atoms with Crippen LogP contribution in [-0.2, 0) is 4.79 Å². The third-order valence-electron chi connectivity index (χ3n) is 3.53. The molecule has 106 valence electrons. The lowest BCUT2D eigenvalue weighted by atomic mass is 9.93. The largest absolute Gasteiger partial charge is 0.478 e. The van der Waals surface area contributed by atoms with E-state index < -0.39 is 5.97 Å². The summed E-state index contributed by atoms with van der Waals surface area (Å²) in [5.74, 6) is -0.207. The van der Waals surface area contributed by atoms with Gasteiger partial charge in [-0.3, -0.25) is 0 Å². The van der Waals surface area contributed by atoms with Crippen LogP contribution in [0.2, 0.25) is 0 Å². The van der Waals surface area contributed by atoms with E-state index in [1.54, 1.807) is 6.08 Å². The van der Waals surface area contributed by atoms with E-state index in [1.807, 2.05) is 24.3 Å². The second-order valence-electron chi connectivity index (χ2n) is 5.13. The molecule has 2 rings (SSSR count). The van der Waals surface area contributed by atoms with Crippen LogP contribution in [0.25, 0.3) is 6.08 Å². The highest BCUT2D eigenvalue weighted by Crippen LogP contribution is 2.20. The van der Waals surface area contributed by atoms with Gasteiger partial charge in [0.1, 0.15) is 0 Å². The molecular weight excluding hydrogens is 250 g/mol. The van der Waals surface area contributed by atoms with Gasteiger partial charge in [-0.15, -0.1) is 0 Å². The molecule has 3 nitrogen and oxygen atoms in total. The summed E-state index contributed by atoms with van der Waals surface area (Å²) in [6, 6.07) is 7.81. The predicted octanol–water partition coefficient (Wildman–Crippen LogP) is 3.94. The van der Waals surface area contributed by atoms with Crippen molar-refractivity contribution in [2.45, 2.75) is 25.7 Å². The number of hydrogen-bond acceptors (Lipinski definition) is 2. The normalized spacial score (nSPS) is 18.3. The zero-order chi connectivity index (χ0) is 14.2. The zero-order valence-corrected chi connectivity index (χ0v) is 11.6. The van der Waals surface area contributed by atoms with Gasteiger partial charge in [0.15, 0.2) is 0 Å². The number of aliphatic carboxylic acids is 1. The first-order valence-corrected chi connectivity index (χ1v) is 7.15. The molecule has 0 saturated heterocycles. The molecule has 0 fully saturated rings. The molecule has 1 aromatic rings. The average molecular weight is 271 g/mol. The Morgan fingerprint density at radius 2 is 2.15 bits per heavy atom. The van der Waals surface area contributed by atoms with Crippen molar-refractivity contribution in [3.05, 3.63) is 48.1 Å². The summed E-state index contributed by atoms with van der Waals surface area (Å²) in [6.07, 6.45) is 12.4. The van der Waals surface area contributed by atoms with Crippen LogP contribution in [0.15, 0.2) is 42.5 Å². The van der Waals surface area contributed by atoms with Gasteiger partial charge in [-0.05, 0) is 55.4 Å². The Labute approximate surface area is 120 Å². The van der Waals surface area contributed by atoms with Crippen LogP contribution >= 0.6 is 0 Å². The van der Waals surface area contributed by atoms with Crippen molar-refractivity contribution in [2.24, 2.45) is 5.92 Å². The Hall–Kier alpha value is -2.03. The first-order chi connectivity index (χ1) is 9.74. The maximum atomic E-state index is 10.4. The summed E-state index contributed by atoms with van der Waals surface area (Å²) in [5, 5.41) is 12.0. The number of hydrogen-bond donors (Lipinski definition) is 2. The number of rotatable bonds is 6. The van der Waals surface area contributed by atoms with Gasteiger partial charge < -0.3 is 10.4 Å². The minimum Gasteiger partial charge on any atom is -0.478 e. The molecule has 1 atom stereocenters. The molecule has 0 spiro atoms. The second-order valence-corrected chi connectivity index (χ2v) is 5.13. The summed E-state index contributed by atoms with van der Waals surface area (Å²) in [5.41, 5.74) is 1.98. The van der Waals surface area contributed by atoms with Crippen molar-refractivity contribution in [2.75, 3.05) is 11.9 Å². The molecule has 1 unspecified atom stereocenters. The first-order valence-electron chi connectivity index (χ1n) is 7.15. The van der Waals surface area contributed by atoms with Crippen LogP contribution in [0, 0.1) is 5.92 Å². The fraction of sp³-hybridized carbons (Fsp3) is 0.353. The van der Waals surface area contributed by atoms with E-state index in [-0.39, 0.29) is 0 Å². The molecule has 0 aliphatic heterocycles. The molecule has 3 heteroatoms. The fourth-order valence-corrected chi connectivity index (χ4v) is 2.40. The summed E-state index contributed by atoms with van der Waals surface area (Å²) in [4.78, 5) is 10.4. The van der Waals surface area contributed by atoms with E-state index in [2.05, 4.69) is 17.5 Å². The summed E-state index contributed by atoms with van der Waals surface area (Å²) in [6.45, 7) is 0.972. The second kappa shape index (κ2) is 7.53. The summed E-state index contributed by atoms with van der Waals surface area (Å²) < 4.78 is 0. The van der Waals surface area contributed by atoms with Gasteiger partial charge in [-0.2, -0.15) is 0 Å². The van der Waals surface area contributed by atoms with E-state index in [9.17, 15) is 4.79 Å². The third-order valence-corrected chi connectivity index (χ3v) is 3.53. The van der Waals surface area contributed by atoms with Crippen LogP contribution < -0.4 is 5.32 Å². The number of allylic oxidation sites excluding steroid dienone is 2. The lowest BCUT2D eigenvalue weighted by Crippen LogP contribution is -2.09. The van der Waals surface area contributed by atoms with Crippen LogP contribution in [0.1, 0.15) is 31.2 Å². The van der Waals surface area contributed by atoms with Gasteiger partial charge >= 0.3 is 5.97 Å². The van der Waals surface area contributed by atoms with Crippen molar-refractivity contribution in [3.63, 3.8) is 0 Å². The average Bonchev–Trinajstić information content (AvgIpc) is 2.47. The number of carboxylic acid groups (broad SMARTS) is 1. The quantitative estimate of drug-likeness (QED) is 0.608. The van der Waals surface area contributed by atoms with Gasteiger partial charge in [0.25, 0.3) is 0 Å². The van der Waals surface area contributed by atoms with Crippen molar-refractivity contribution >= 4 is 17.7 Å². The van der Waals surface area contributed by atoms with Crippen molar-refractivity contribution in [1.29, 1.82) is 0 Å². The van der Waals surface area contributed by atoms with Crippen LogP contribution in [0.5, 0.6) is 0 Å². The maximum absolute atomic E-state index is 10.4. The van der Waals surface area contributed by atoms with E-state index in [0.29, 0.717) is 5.92 Å². The third kappa shape index (κ3) is 4.92. The van der Waals surface area contributed by atoms with Gasteiger partial charge in [-0.1, -0.05) is 24.3 Å². The topological polar surface area (TPSA) is 49.3 Å². The molecule has 20 heavy (non-hydrogen) atoms. The van der Waals surface area contributed by atoms with Gasteiger partial charge in [-0.25, -0.2) is 4.79 Å². The van der Waals surface area contributed by atoms with Gasteiger partial charge in [0, 0.05) is 18.3 Å². The Morgan fingerprint density at radius 1 is 1.35 bits per heavy atom. The van der Waals surface area contributed by atoms with Crippen molar-refractivity contribution < 1.29 is 9.90 Å². The molecule has 2 N–H and O–H groups in total. The molecule has 0 saturated carbocycles. The fourth-order valence-electron chi connectivity index (χ4n) is 2.40. The van der Waals surface area contributed by atoms with E-state index in [0.717, 1.165) is 30.3 Å². The smallest absolute Gasteiger partial charge is 0.328 e. The molecule has 0 bridgehead atoms. The van der Waals surface area contributed by atoms with E-state index in [4.69, 9.17) is 5.11 Å². The molecule has 1 aromatic carbocycles. The minimum absolute atomic E-state index is 0.717. The molecule has 0 heterocycles. The highest BCUT2D eigenvalue weighted by atomic mass is 16.4. The lowest BCUT2D eigenvalue weighted by Gasteiger charge is -2.16. The minimum atomic E-state index is -0.923. The van der Waals surface area contributed by atoms with Gasteiger partial charge in [0.2, 0.25) is 0 Å². The van der Waals surface area contributed by atoms with Crippen molar-refractivity contribution in [1.82, 2.24) is 0 Å². The highest BCUT2D eigenvalue weighted by Gasteiger charge is 2.07. The number of carbonyl (C=O) groups is 1. The molecular formula is C17H21NO2. The summed E-state index contributed by atoms with van der Waals surface area (Å²) in [7, 11) is 0. The molecule has 0 aromatic heterocycles. The molecule has 0 radical (unpaired) electrons. The predicted molar refractivity (Wildman–Crippen MR) is 82.7 cm³/mol. The van der Waals surface area contributed by atoms with E-state index in [1.165, 1.54) is 19.3 Å². The zero-order valence-electron chi connectivity index (χ0n) is 11.6. The highest BCUT2D eigenvalue weighted by molar-refractivity contribution is 5.85. The Bertz CT molecular complexity index is 488. The number of benzene rings is 1. The summed E-state index contributed by atoms with van der Waals surface area (Å²) >= 11 is 0. The Morgan fingerprint density at radius 3 is 2.80 bits per heavy atom. The lowest BCUT2D eigenvalue weighted by molar-refractivity contribution is -0.131. The van der Waals surface area contributed by atoms with Crippen LogP contribution in [0.3, 0.4) is 0 Å².